The third-order valence-electron chi connectivity index (χ3n) is 6.41. The summed E-state index contributed by atoms with van der Waals surface area (Å²) in [5.74, 6) is -0.0968. The Hall–Kier alpha value is -2.59. The fourth-order valence-electron chi connectivity index (χ4n) is 4.37. The van der Waals surface area contributed by atoms with Crippen molar-refractivity contribution in [1.29, 1.82) is 0 Å². The van der Waals surface area contributed by atoms with Crippen molar-refractivity contribution in [1.82, 2.24) is 10.2 Å². The molecule has 36 heavy (non-hydrogen) atoms. The second-order valence-corrected chi connectivity index (χ2v) is 11.9. The first-order valence-corrected chi connectivity index (χ1v) is 14.7. The number of halogens is 1. The highest BCUT2D eigenvalue weighted by molar-refractivity contribution is 9.10. The average molecular weight is 581 g/mol. The predicted molar refractivity (Wildman–Crippen MR) is 144 cm³/mol. The van der Waals surface area contributed by atoms with Gasteiger partial charge in [-0.2, -0.15) is 0 Å². The van der Waals surface area contributed by atoms with Gasteiger partial charge < -0.3 is 15.0 Å². The predicted octanol–water partition coefficient (Wildman–Crippen LogP) is 4.09. The fraction of sp³-hybridized carbons (Fsp3) is 0.462. The third kappa shape index (κ3) is 7.46. The van der Waals surface area contributed by atoms with Gasteiger partial charge >= 0.3 is 0 Å². The number of nitrogens with zero attached hydrogens (tertiary/aromatic N) is 2. The zero-order valence-corrected chi connectivity index (χ0v) is 23.3. The lowest BCUT2D eigenvalue weighted by Crippen LogP contribution is -2.53. The molecule has 1 saturated carbocycles. The maximum absolute atomic E-state index is 13.7. The Bertz CT molecular complexity index is 1170. The van der Waals surface area contributed by atoms with Crippen molar-refractivity contribution in [2.45, 2.75) is 57.7 Å². The first kappa shape index (κ1) is 28.0. The second-order valence-electron chi connectivity index (χ2n) is 9.11. The number of hydrogen-bond acceptors (Lipinski definition) is 5. The molecular formula is C26H34BrN3O5S. The Morgan fingerprint density at radius 3 is 2.44 bits per heavy atom. The molecule has 0 radical (unpaired) electrons. The molecular weight excluding hydrogens is 546 g/mol. The number of carbonyl (C=O) groups is 2. The van der Waals surface area contributed by atoms with Crippen LogP contribution < -0.4 is 14.4 Å². The Morgan fingerprint density at radius 1 is 1.11 bits per heavy atom. The van der Waals surface area contributed by atoms with Crippen LogP contribution in [0.15, 0.2) is 53.0 Å². The SMILES string of the molecule is COc1cccc(CN(C(=O)CN(c2ccccc2Br)S(C)(=O)=O)[C@H](C)C(=O)NC2CCCCC2)c1. The summed E-state index contributed by atoms with van der Waals surface area (Å²) >= 11 is 3.38. The molecule has 196 valence electrons. The number of anilines is 1. The summed E-state index contributed by atoms with van der Waals surface area (Å²) in [6, 6.07) is 13.4. The summed E-state index contributed by atoms with van der Waals surface area (Å²) in [4.78, 5) is 28.3. The number of nitrogens with one attached hydrogen (secondary N) is 1. The van der Waals surface area contributed by atoms with Gasteiger partial charge in [0.2, 0.25) is 21.8 Å². The summed E-state index contributed by atoms with van der Waals surface area (Å²) in [6.45, 7) is 1.37. The van der Waals surface area contributed by atoms with Crippen LogP contribution in [0.25, 0.3) is 0 Å². The zero-order valence-electron chi connectivity index (χ0n) is 20.9. The molecule has 0 aromatic heterocycles. The quantitative estimate of drug-likeness (QED) is 0.457. The topological polar surface area (TPSA) is 96.0 Å². The van der Waals surface area contributed by atoms with Crippen LogP contribution in [0.3, 0.4) is 0 Å². The molecule has 0 saturated heterocycles. The summed E-state index contributed by atoms with van der Waals surface area (Å²) in [5, 5.41) is 3.09. The molecule has 1 fully saturated rings. The lowest BCUT2D eigenvalue weighted by atomic mass is 9.95. The van der Waals surface area contributed by atoms with E-state index in [2.05, 4.69) is 21.2 Å². The highest BCUT2D eigenvalue weighted by Gasteiger charge is 2.31. The molecule has 3 rings (SSSR count). The van der Waals surface area contributed by atoms with Crippen molar-refractivity contribution < 1.29 is 22.7 Å². The summed E-state index contributed by atoms with van der Waals surface area (Å²) in [6.07, 6.45) is 6.21. The van der Waals surface area contributed by atoms with E-state index in [0.29, 0.717) is 15.9 Å². The summed E-state index contributed by atoms with van der Waals surface area (Å²) in [7, 11) is -2.23. The molecule has 2 aromatic carbocycles. The molecule has 2 aromatic rings. The molecule has 1 atom stereocenters. The average Bonchev–Trinajstić information content (AvgIpc) is 2.86. The van der Waals surface area contributed by atoms with Crippen molar-refractivity contribution in [3.63, 3.8) is 0 Å². The van der Waals surface area contributed by atoms with Gasteiger partial charge in [-0.1, -0.05) is 43.5 Å². The van der Waals surface area contributed by atoms with Crippen LogP contribution in [0, 0.1) is 0 Å². The van der Waals surface area contributed by atoms with E-state index in [-0.39, 0.29) is 18.5 Å². The lowest BCUT2D eigenvalue weighted by Gasteiger charge is -2.33. The van der Waals surface area contributed by atoms with Crippen LogP contribution in [-0.2, 0) is 26.2 Å². The molecule has 0 aliphatic heterocycles. The van der Waals surface area contributed by atoms with Gasteiger partial charge in [0.1, 0.15) is 18.3 Å². The molecule has 1 aliphatic carbocycles. The smallest absolute Gasteiger partial charge is 0.244 e. The van der Waals surface area contributed by atoms with Gasteiger partial charge in [0, 0.05) is 17.1 Å². The Kier molecular flexibility index (Phi) is 9.78. The lowest BCUT2D eigenvalue weighted by molar-refractivity contribution is -0.139. The maximum Gasteiger partial charge on any atom is 0.244 e. The van der Waals surface area contributed by atoms with E-state index in [1.807, 2.05) is 12.1 Å². The van der Waals surface area contributed by atoms with Crippen LogP contribution in [0.2, 0.25) is 0 Å². The van der Waals surface area contributed by atoms with E-state index in [0.717, 1.165) is 41.8 Å². The van der Waals surface area contributed by atoms with Crippen molar-refractivity contribution in [2.75, 3.05) is 24.2 Å². The molecule has 0 bridgehead atoms. The van der Waals surface area contributed by atoms with Gasteiger partial charge in [0.15, 0.2) is 0 Å². The number of hydrogen-bond donors (Lipinski definition) is 1. The number of amides is 2. The standard InChI is InChI=1S/C26H34BrN3O5S/c1-19(26(32)28-21-11-5-4-6-12-21)29(17-20-10-9-13-22(16-20)35-2)25(31)18-30(36(3,33)34)24-15-8-7-14-23(24)27/h7-10,13-16,19,21H,4-6,11-12,17-18H2,1-3H3,(H,28,32)/t19-/m1/s1. The second kappa shape index (κ2) is 12.6. The van der Waals surface area contributed by atoms with Gasteiger partial charge in [-0.25, -0.2) is 8.42 Å². The first-order chi connectivity index (χ1) is 17.1. The summed E-state index contributed by atoms with van der Waals surface area (Å²) < 4.78 is 32.3. The van der Waals surface area contributed by atoms with Crippen molar-refractivity contribution >= 4 is 43.5 Å². The third-order valence-corrected chi connectivity index (χ3v) is 8.20. The molecule has 2 amide bonds. The molecule has 0 heterocycles. The Labute approximate surface area is 222 Å². The van der Waals surface area contributed by atoms with Crippen molar-refractivity contribution in [2.24, 2.45) is 0 Å². The number of rotatable bonds is 10. The van der Waals surface area contributed by atoms with Crippen LogP contribution in [0.1, 0.15) is 44.6 Å². The van der Waals surface area contributed by atoms with Crippen LogP contribution >= 0.6 is 15.9 Å². The number of sulfonamides is 1. The van der Waals surface area contributed by atoms with E-state index in [4.69, 9.17) is 4.74 Å². The number of benzene rings is 2. The van der Waals surface area contributed by atoms with Crippen molar-refractivity contribution in [3.8, 4) is 5.75 Å². The van der Waals surface area contributed by atoms with Crippen LogP contribution in [0.5, 0.6) is 5.75 Å². The summed E-state index contributed by atoms with van der Waals surface area (Å²) in [5.41, 5.74) is 1.13. The van der Waals surface area contributed by atoms with Gasteiger partial charge in [0.05, 0.1) is 19.1 Å². The van der Waals surface area contributed by atoms with E-state index >= 15 is 0 Å². The van der Waals surface area contributed by atoms with Crippen LogP contribution in [0.4, 0.5) is 5.69 Å². The maximum atomic E-state index is 13.7. The number of methoxy groups -OCH3 is 1. The molecule has 0 spiro atoms. The van der Waals surface area contributed by atoms with Gasteiger partial charge in [-0.05, 0) is 65.5 Å². The highest BCUT2D eigenvalue weighted by atomic mass is 79.9. The molecule has 8 nitrogen and oxygen atoms in total. The fourth-order valence-corrected chi connectivity index (χ4v) is 5.85. The van der Waals surface area contributed by atoms with E-state index in [9.17, 15) is 18.0 Å². The minimum Gasteiger partial charge on any atom is -0.497 e. The minimum atomic E-state index is -3.79. The molecule has 1 aliphatic rings. The molecule has 1 N–H and O–H groups in total. The van der Waals surface area contributed by atoms with E-state index in [1.165, 1.54) is 11.3 Å². The first-order valence-electron chi connectivity index (χ1n) is 12.0. The Morgan fingerprint density at radius 2 is 1.81 bits per heavy atom. The molecule has 0 unspecified atom stereocenters. The van der Waals surface area contributed by atoms with Gasteiger partial charge in [-0.3, -0.25) is 13.9 Å². The molecule has 10 heteroatoms. The van der Waals surface area contributed by atoms with E-state index in [1.54, 1.807) is 50.4 Å². The Balaban J connectivity index is 1.89. The monoisotopic (exact) mass is 579 g/mol. The van der Waals surface area contributed by atoms with Crippen LogP contribution in [-0.4, -0.2) is 57.1 Å². The highest BCUT2D eigenvalue weighted by Crippen LogP contribution is 2.28. The number of carbonyl (C=O) groups excluding carboxylic acids is 2. The minimum absolute atomic E-state index is 0.0928. The van der Waals surface area contributed by atoms with Crippen molar-refractivity contribution in [3.05, 3.63) is 58.6 Å². The number of ether oxygens (including phenoxy) is 1. The normalized spacial score (nSPS) is 15.1. The zero-order chi connectivity index (χ0) is 26.3. The van der Waals surface area contributed by atoms with E-state index < -0.39 is 28.5 Å². The van der Waals surface area contributed by atoms with Gasteiger partial charge in [-0.15, -0.1) is 0 Å². The van der Waals surface area contributed by atoms with Gasteiger partial charge in [0.25, 0.3) is 0 Å². The largest absolute Gasteiger partial charge is 0.497 e. The number of para-hydroxylation sites is 1.